The molecule has 0 fully saturated rings. The van der Waals surface area contributed by atoms with Crippen molar-refractivity contribution in [3.8, 4) is 22.3 Å². The third kappa shape index (κ3) is 3.23. The van der Waals surface area contributed by atoms with Crippen molar-refractivity contribution >= 4 is 63.3 Å². The van der Waals surface area contributed by atoms with Crippen LogP contribution in [0.4, 0.5) is 17.1 Å². The second-order valence-corrected chi connectivity index (χ2v) is 12.9. The molecular formula is C39H35B2N. The number of hydrogen-bond donors (Lipinski definition) is 0. The van der Waals surface area contributed by atoms with Gasteiger partial charge in [0.25, 0.3) is 0 Å². The average molecular weight is 539 g/mol. The minimum absolute atomic E-state index is 0.293. The fourth-order valence-electron chi connectivity index (χ4n) is 8.82. The number of aryl methyl sites for hydroxylation is 2. The van der Waals surface area contributed by atoms with Crippen molar-refractivity contribution < 1.29 is 0 Å². The Morgan fingerprint density at radius 2 is 1.29 bits per heavy atom. The number of fused-ring (bicyclic) bond motifs is 10. The number of unbranched alkanes of at least 4 members (excludes halogenated alkanes) is 5. The summed E-state index contributed by atoms with van der Waals surface area (Å²) in [5.74, 6) is 0. The van der Waals surface area contributed by atoms with Crippen LogP contribution in [0.1, 0.15) is 56.6 Å². The molecule has 9 rings (SSSR count). The number of nitrogens with zero attached hydrogens (tertiary/aromatic N) is 1. The van der Waals surface area contributed by atoms with Crippen molar-refractivity contribution in [2.24, 2.45) is 0 Å². The van der Waals surface area contributed by atoms with E-state index in [-0.39, 0.29) is 0 Å². The fraction of sp³-hybridized carbons (Fsp3) is 0.231. The van der Waals surface area contributed by atoms with Crippen molar-refractivity contribution in [2.45, 2.75) is 58.8 Å². The molecule has 1 nitrogen and oxygen atoms in total. The Kier molecular flexibility index (Phi) is 5.43. The van der Waals surface area contributed by atoms with Gasteiger partial charge in [0.05, 0.1) is 0 Å². The van der Waals surface area contributed by atoms with Gasteiger partial charge < -0.3 is 4.90 Å². The van der Waals surface area contributed by atoms with Crippen LogP contribution in [0.2, 0.25) is 0 Å². The molecule has 0 aromatic heterocycles. The molecule has 5 aromatic carbocycles. The van der Waals surface area contributed by atoms with E-state index in [1.54, 1.807) is 0 Å². The summed E-state index contributed by atoms with van der Waals surface area (Å²) in [5.41, 5.74) is 21.6. The Bertz CT molecular complexity index is 1920. The lowest BCUT2D eigenvalue weighted by Gasteiger charge is -2.42. The van der Waals surface area contributed by atoms with E-state index < -0.39 is 0 Å². The highest BCUT2D eigenvalue weighted by Crippen LogP contribution is 2.44. The second-order valence-electron chi connectivity index (χ2n) is 12.9. The van der Waals surface area contributed by atoms with Crippen molar-refractivity contribution in [3.63, 3.8) is 0 Å². The highest BCUT2D eigenvalue weighted by atomic mass is 15.2. The van der Waals surface area contributed by atoms with Crippen LogP contribution < -0.4 is 37.7 Å². The molecule has 5 aromatic rings. The van der Waals surface area contributed by atoms with E-state index in [4.69, 9.17) is 0 Å². The molecule has 202 valence electrons. The Hall–Kier alpha value is -3.97. The topological polar surface area (TPSA) is 3.24 Å². The lowest BCUT2D eigenvalue weighted by Crippen LogP contribution is -2.62. The summed E-state index contributed by atoms with van der Waals surface area (Å²) >= 11 is 0. The Morgan fingerprint density at radius 1 is 0.571 bits per heavy atom. The third-order valence-electron chi connectivity index (χ3n) is 10.6. The van der Waals surface area contributed by atoms with E-state index in [0.29, 0.717) is 13.4 Å². The van der Waals surface area contributed by atoms with Gasteiger partial charge in [-0.05, 0) is 87.1 Å². The summed E-state index contributed by atoms with van der Waals surface area (Å²) in [6.45, 7) is 5.17. The van der Waals surface area contributed by atoms with Gasteiger partial charge in [-0.2, -0.15) is 0 Å². The van der Waals surface area contributed by atoms with Gasteiger partial charge in [0, 0.05) is 17.1 Å². The predicted octanol–water partition coefficient (Wildman–Crippen LogP) is 5.99. The first-order chi connectivity index (χ1) is 20.8. The van der Waals surface area contributed by atoms with Crippen LogP contribution in [-0.4, -0.2) is 13.4 Å². The van der Waals surface area contributed by atoms with Crippen LogP contribution in [0.25, 0.3) is 22.3 Å². The van der Waals surface area contributed by atoms with E-state index >= 15 is 0 Å². The normalized spacial score (nSPS) is 14.0. The molecule has 42 heavy (non-hydrogen) atoms. The number of para-hydroxylation sites is 1. The first-order valence-electron chi connectivity index (χ1n) is 16.2. The molecule has 0 N–H and O–H groups in total. The van der Waals surface area contributed by atoms with E-state index in [9.17, 15) is 0 Å². The monoisotopic (exact) mass is 539 g/mol. The van der Waals surface area contributed by atoms with Gasteiger partial charge in [0.15, 0.2) is 0 Å². The van der Waals surface area contributed by atoms with Gasteiger partial charge in [-0.25, -0.2) is 0 Å². The lowest BCUT2D eigenvalue weighted by atomic mass is 9.32. The van der Waals surface area contributed by atoms with Crippen LogP contribution in [0, 0.1) is 6.92 Å². The summed E-state index contributed by atoms with van der Waals surface area (Å²) in [7, 11) is 0. The van der Waals surface area contributed by atoms with E-state index in [2.05, 4.69) is 110 Å². The molecule has 0 bridgehead atoms. The summed E-state index contributed by atoms with van der Waals surface area (Å²) in [6, 6.07) is 35.5. The SMILES string of the molecule is CCCCCCCCc1ccc2c(c1)B1c3cccc4c3N(c3cccc-2c31)c1ccc(C)c2c1B4c1ccccc1-2. The maximum atomic E-state index is 2.63. The smallest absolute Gasteiger partial charge is 0.248 e. The highest BCUT2D eigenvalue weighted by molar-refractivity contribution is 7.05. The molecule has 0 saturated heterocycles. The molecule has 0 radical (unpaired) electrons. The predicted molar refractivity (Wildman–Crippen MR) is 183 cm³/mol. The number of anilines is 3. The minimum Gasteiger partial charge on any atom is -0.312 e. The van der Waals surface area contributed by atoms with Crippen molar-refractivity contribution in [3.05, 3.63) is 102 Å². The Labute approximate surface area is 250 Å². The van der Waals surface area contributed by atoms with Gasteiger partial charge in [-0.1, -0.05) is 129 Å². The van der Waals surface area contributed by atoms with Gasteiger partial charge >= 0.3 is 0 Å². The summed E-state index contributed by atoms with van der Waals surface area (Å²) in [5, 5.41) is 0. The zero-order chi connectivity index (χ0) is 27.9. The molecule has 0 atom stereocenters. The van der Waals surface area contributed by atoms with Crippen molar-refractivity contribution in [1.29, 1.82) is 0 Å². The van der Waals surface area contributed by atoms with Gasteiger partial charge in [0.1, 0.15) is 0 Å². The van der Waals surface area contributed by atoms with Crippen LogP contribution >= 0.6 is 0 Å². The average Bonchev–Trinajstić information content (AvgIpc) is 3.55. The molecular weight excluding hydrogens is 504 g/mol. The van der Waals surface area contributed by atoms with Crippen LogP contribution in [0.5, 0.6) is 0 Å². The van der Waals surface area contributed by atoms with Crippen molar-refractivity contribution in [1.82, 2.24) is 0 Å². The largest absolute Gasteiger partial charge is 0.312 e. The standard InChI is InChI=1S/C39H35B2N/c1-3-4-5-6-7-8-13-26-21-22-27-28-15-11-19-34-37(28)41(33(27)24-26)32-18-12-17-31-39(32)42(34)35-23-20-25(2)36-29-14-9-10-16-30(29)40(31)38(35)36/h9-12,14-24H,3-8,13H2,1-2H3. The summed E-state index contributed by atoms with van der Waals surface area (Å²) < 4.78 is 0. The molecule has 3 heteroatoms. The number of benzene rings is 5. The summed E-state index contributed by atoms with van der Waals surface area (Å²) in [6.07, 6.45) is 9.26. The highest BCUT2D eigenvalue weighted by Gasteiger charge is 2.49. The number of hydrogen-bond acceptors (Lipinski definition) is 1. The number of rotatable bonds is 7. The zero-order valence-electron chi connectivity index (χ0n) is 24.7. The molecule has 0 unspecified atom stereocenters. The second kappa shape index (κ2) is 9.27. The van der Waals surface area contributed by atoms with E-state index in [0.717, 1.165) is 0 Å². The van der Waals surface area contributed by atoms with Crippen molar-refractivity contribution in [2.75, 3.05) is 4.90 Å². The minimum atomic E-state index is 0.293. The first-order valence-corrected chi connectivity index (χ1v) is 16.2. The lowest BCUT2D eigenvalue weighted by molar-refractivity contribution is 0.607. The molecule has 4 aliphatic heterocycles. The van der Waals surface area contributed by atoms with Crippen LogP contribution in [0.3, 0.4) is 0 Å². The van der Waals surface area contributed by atoms with E-state index in [1.807, 2.05) is 0 Å². The molecule has 0 amide bonds. The van der Waals surface area contributed by atoms with Crippen LogP contribution in [0.15, 0.2) is 91.0 Å². The zero-order valence-corrected chi connectivity index (χ0v) is 24.7. The van der Waals surface area contributed by atoms with Gasteiger partial charge in [-0.15, -0.1) is 0 Å². The Morgan fingerprint density at radius 3 is 2.17 bits per heavy atom. The van der Waals surface area contributed by atoms with E-state index in [1.165, 1.54) is 128 Å². The fourth-order valence-corrected chi connectivity index (χ4v) is 8.82. The molecule has 4 aliphatic rings. The molecule has 4 heterocycles. The van der Waals surface area contributed by atoms with Crippen LogP contribution in [-0.2, 0) is 6.42 Å². The maximum absolute atomic E-state index is 2.63. The first kappa shape index (κ1) is 24.6. The Balaban J connectivity index is 1.21. The van der Waals surface area contributed by atoms with Gasteiger partial charge in [0.2, 0.25) is 13.4 Å². The molecule has 0 saturated carbocycles. The maximum Gasteiger partial charge on any atom is 0.248 e. The summed E-state index contributed by atoms with van der Waals surface area (Å²) in [4.78, 5) is 2.63. The van der Waals surface area contributed by atoms with Gasteiger partial charge in [-0.3, -0.25) is 0 Å². The molecule has 0 aliphatic carbocycles. The molecule has 0 spiro atoms. The third-order valence-corrected chi connectivity index (χ3v) is 10.6. The quantitative estimate of drug-likeness (QED) is 0.178.